The van der Waals surface area contributed by atoms with Crippen LogP contribution in [-0.2, 0) is 13.0 Å². The topological polar surface area (TPSA) is 63.3 Å². The number of imidazole rings is 2. The van der Waals surface area contributed by atoms with E-state index in [0.717, 1.165) is 72.9 Å². The molecule has 7 nitrogen and oxygen atoms in total. The van der Waals surface area contributed by atoms with E-state index in [1.165, 1.54) is 12.1 Å². The number of hydrogen-bond donors (Lipinski definition) is 1. The minimum absolute atomic E-state index is 0.216. The fraction of sp³-hybridized carbons (Fsp3) is 0.296. The van der Waals surface area contributed by atoms with E-state index < -0.39 is 0 Å². The van der Waals surface area contributed by atoms with Crippen LogP contribution in [0.2, 0.25) is 0 Å². The Labute approximate surface area is 203 Å². The lowest BCUT2D eigenvalue weighted by atomic mass is 10.0. The van der Waals surface area contributed by atoms with Crippen molar-refractivity contribution in [3.8, 4) is 0 Å². The minimum Gasteiger partial charge on any atom is -0.353 e. The number of fused-ring (bicyclic) bond motifs is 2. The number of nitrogens with zero attached hydrogens (tertiary/aromatic N) is 6. The van der Waals surface area contributed by atoms with Crippen LogP contribution < -0.4 is 5.32 Å². The van der Waals surface area contributed by atoms with Gasteiger partial charge in [-0.05, 0) is 48.7 Å². The van der Waals surface area contributed by atoms with Crippen LogP contribution in [0.3, 0.4) is 0 Å². The predicted molar refractivity (Wildman–Crippen MR) is 135 cm³/mol. The number of anilines is 1. The van der Waals surface area contributed by atoms with Crippen LogP contribution >= 0.6 is 0 Å². The summed E-state index contributed by atoms with van der Waals surface area (Å²) in [5.74, 6) is 1.42. The van der Waals surface area contributed by atoms with Crippen LogP contribution in [0.4, 0.5) is 10.3 Å². The zero-order chi connectivity index (χ0) is 23.6. The highest BCUT2D eigenvalue weighted by molar-refractivity contribution is 5.78. The smallest absolute Gasteiger partial charge is 0.233 e. The van der Waals surface area contributed by atoms with Gasteiger partial charge in [-0.15, -0.1) is 0 Å². The van der Waals surface area contributed by atoms with E-state index in [1.807, 2.05) is 47.0 Å². The van der Waals surface area contributed by atoms with Crippen molar-refractivity contribution in [1.29, 1.82) is 0 Å². The molecule has 8 heteroatoms. The fourth-order valence-corrected chi connectivity index (χ4v) is 4.87. The highest BCUT2D eigenvalue weighted by Gasteiger charge is 2.21. The van der Waals surface area contributed by atoms with Gasteiger partial charge in [-0.25, -0.2) is 19.3 Å². The van der Waals surface area contributed by atoms with Crippen molar-refractivity contribution in [2.24, 2.45) is 0 Å². The maximum absolute atomic E-state index is 13.4. The maximum Gasteiger partial charge on any atom is 0.233 e. The van der Waals surface area contributed by atoms with Gasteiger partial charge >= 0.3 is 0 Å². The molecular weight excluding hydrogens is 441 g/mol. The van der Waals surface area contributed by atoms with E-state index >= 15 is 0 Å². The number of benzene rings is 2. The second-order valence-corrected chi connectivity index (χ2v) is 9.21. The molecule has 0 bridgehead atoms. The predicted octanol–water partition coefficient (Wildman–Crippen LogP) is 4.39. The largest absolute Gasteiger partial charge is 0.353 e. The maximum atomic E-state index is 13.4. The number of piperidine rings is 1. The van der Waals surface area contributed by atoms with E-state index in [-0.39, 0.29) is 5.82 Å². The second-order valence-electron chi connectivity index (χ2n) is 9.21. The molecule has 35 heavy (non-hydrogen) atoms. The molecular formula is C27H28FN7. The van der Waals surface area contributed by atoms with Gasteiger partial charge in [-0.1, -0.05) is 24.3 Å². The molecule has 0 atom stereocenters. The molecule has 178 valence electrons. The van der Waals surface area contributed by atoms with E-state index in [1.54, 1.807) is 6.20 Å². The zero-order valence-corrected chi connectivity index (χ0v) is 19.5. The SMILES string of the molecule is Fc1ccc(Cn2c(NC3CCN(CCc4cn5cccnc5n4)CC3)nc3ccccc32)cc1. The molecule has 0 radical (unpaired) electrons. The molecule has 0 saturated carbocycles. The lowest BCUT2D eigenvalue weighted by Crippen LogP contribution is -2.40. The van der Waals surface area contributed by atoms with Crippen molar-refractivity contribution >= 4 is 22.8 Å². The van der Waals surface area contributed by atoms with Gasteiger partial charge in [0.1, 0.15) is 5.82 Å². The highest BCUT2D eigenvalue weighted by atomic mass is 19.1. The molecule has 5 aromatic rings. The minimum atomic E-state index is -0.216. The van der Waals surface area contributed by atoms with E-state index in [0.29, 0.717) is 12.6 Å². The van der Waals surface area contributed by atoms with Crippen molar-refractivity contribution in [2.75, 3.05) is 25.0 Å². The summed E-state index contributed by atoms with van der Waals surface area (Å²) in [6, 6.07) is 17.2. The number of likely N-dealkylation sites (tertiary alicyclic amines) is 1. The molecule has 1 saturated heterocycles. The average molecular weight is 470 g/mol. The van der Waals surface area contributed by atoms with Gasteiger partial charge in [0.05, 0.1) is 23.3 Å². The fourth-order valence-electron chi connectivity index (χ4n) is 4.87. The molecule has 3 aromatic heterocycles. The third kappa shape index (κ3) is 4.74. The standard InChI is InChI=1S/C27H28FN7/c28-21-8-6-20(7-9-21)18-35-25-5-2-1-4-24(25)32-27(35)30-22-10-15-33(16-11-22)17-12-23-19-34-14-3-13-29-26(34)31-23/h1-9,13-14,19,22H,10-12,15-18H2,(H,30,32). The van der Waals surface area contributed by atoms with Gasteiger partial charge in [-0.2, -0.15) is 0 Å². The molecule has 6 rings (SSSR count). The first-order chi connectivity index (χ1) is 17.2. The molecule has 0 amide bonds. The van der Waals surface area contributed by atoms with Crippen LogP contribution in [-0.4, -0.2) is 54.5 Å². The Morgan fingerprint density at radius 3 is 2.63 bits per heavy atom. The number of halogens is 1. The number of rotatable bonds is 7. The first-order valence-electron chi connectivity index (χ1n) is 12.2. The Morgan fingerprint density at radius 1 is 0.971 bits per heavy atom. The van der Waals surface area contributed by atoms with Crippen molar-refractivity contribution in [3.05, 3.63) is 90.3 Å². The monoisotopic (exact) mass is 469 g/mol. The van der Waals surface area contributed by atoms with E-state index in [9.17, 15) is 4.39 Å². The van der Waals surface area contributed by atoms with Gasteiger partial charge in [-0.3, -0.25) is 4.40 Å². The lowest BCUT2D eigenvalue weighted by molar-refractivity contribution is 0.220. The molecule has 4 heterocycles. The summed E-state index contributed by atoms with van der Waals surface area (Å²) in [6.07, 6.45) is 8.88. The third-order valence-corrected chi connectivity index (χ3v) is 6.80. The summed E-state index contributed by atoms with van der Waals surface area (Å²) in [7, 11) is 0. The van der Waals surface area contributed by atoms with Crippen molar-refractivity contribution in [3.63, 3.8) is 0 Å². The first kappa shape index (κ1) is 21.7. The molecule has 1 N–H and O–H groups in total. The summed E-state index contributed by atoms with van der Waals surface area (Å²) in [5, 5.41) is 3.71. The molecule has 0 spiro atoms. The average Bonchev–Trinajstić information content (AvgIpc) is 3.46. The Morgan fingerprint density at radius 2 is 1.80 bits per heavy atom. The van der Waals surface area contributed by atoms with Gasteiger partial charge in [0.2, 0.25) is 11.7 Å². The summed E-state index contributed by atoms with van der Waals surface area (Å²) < 4.78 is 17.6. The Balaban J connectivity index is 1.10. The van der Waals surface area contributed by atoms with E-state index in [4.69, 9.17) is 4.98 Å². The van der Waals surface area contributed by atoms with Crippen LogP contribution in [0, 0.1) is 5.82 Å². The molecule has 1 aliphatic heterocycles. The van der Waals surface area contributed by atoms with Gasteiger partial charge in [0, 0.05) is 50.7 Å². The molecule has 0 aliphatic carbocycles. The van der Waals surface area contributed by atoms with Crippen LogP contribution in [0.5, 0.6) is 0 Å². The van der Waals surface area contributed by atoms with Crippen molar-refractivity contribution in [2.45, 2.75) is 31.8 Å². The summed E-state index contributed by atoms with van der Waals surface area (Å²) in [4.78, 5) is 16.3. The number of aromatic nitrogens is 5. The second kappa shape index (κ2) is 9.46. The van der Waals surface area contributed by atoms with Gasteiger partial charge in [0.25, 0.3) is 0 Å². The molecule has 1 aliphatic rings. The van der Waals surface area contributed by atoms with Crippen LogP contribution in [0.15, 0.2) is 73.2 Å². The normalized spacial score (nSPS) is 15.2. The highest BCUT2D eigenvalue weighted by Crippen LogP contribution is 2.24. The molecule has 2 aromatic carbocycles. The summed E-state index contributed by atoms with van der Waals surface area (Å²) >= 11 is 0. The zero-order valence-electron chi connectivity index (χ0n) is 19.5. The summed E-state index contributed by atoms with van der Waals surface area (Å²) in [5.41, 5.74) is 4.18. The van der Waals surface area contributed by atoms with Crippen molar-refractivity contribution in [1.82, 2.24) is 28.8 Å². The van der Waals surface area contributed by atoms with E-state index in [2.05, 4.69) is 37.0 Å². The van der Waals surface area contributed by atoms with Gasteiger partial charge < -0.3 is 14.8 Å². The van der Waals surface area contributed by atoms with Crippen LogP contribution in [0.25, 0.3) is 16.8 Å². The van der Waals surface area contributed by atoms with Gasteiger partial charge in [0.15, 0.2) is 0 Å². The number of hydrogen-bond acceptors (Lipinski definition) is 5. The number of para-hydroxylation sites is 2. The van der Waals surface area contributed by atoms with Crippen molar-refractivity contribution < 1.29 is 4.39 Å². The Hall–Kier alpha value is -3.78. The summed E-state index contributed by atoms with van der Waals surface area (Å²) in [6.45, 7) is 3.73. The third-order valence-electron chi connectivity index (χ3n) is 6.80. The lowest BCUT2D eigenvalue weighted by Gasteiger charge is -2.32. The quantitative estimate of drug-likeness (QED) is 0.383. The van der Waals surface area contributed by atoms with Crippen LogP contribution in [0.1, 0.15) is 24.1 Å². The Kier molecular flexibility index (Phi) is 5.88. The number of nitrogens with one attached hydrogen (secondary N) is 1. The molecule has 0 unspecified atom stereocenters. The first-order valence-corrected chi connectivity index (χ1v) is 12.2. The Bertz CT molecular complexity index is 1400. The molecule has 1 fully saturated rings.